The Morgan fingerprint density at radius 3 is 2.58 bits per heavy atom. The van der Waals surface area contributed by atoms with Crippen LogP contribution in [0.1, 0.15) is 23.0 Å². The van der Waals surface area contributed by atoms with Gasteiger partial charge in [0.05, 0.1) is 13.7 Å². The van der Waals surface area contributed by atoms with Crippen LogP contribution in [0.25, 0.3) is 11.3 Å². The summed E-state index contributed by atoms with van der Waals surface area (Å²) in [6, 6.07) is 7.37. The summed E-state index contributed by atoms with van der Waals surface area (Å²) in [4.78, 5) is 11.6. The van der Waals surface area contributed by atoms with Gasteiger partial charge in [0.1, 0.15) is 11.4 Å². The van der Waals surface area contributed by atoms with E-state index in [1.807, 2.05) is 24.3 Å². The molecule has 0 spiro atoms. The Hall–Kier alpha value is -2.30. The van der Waals surface area contributed by atoms with Crippen molar-refractivity contribution >= 4 is 5.97 Å². The Balaban J connectivity index is 2.32. The lowest BCUT2D eigenvalue weighted by molar-refractivity contribution is 0.0478. The molecule has 2 aromatic rings. The third-order valence-electron chi connectivity index (χ3n) is 2.75. The summed E-state index contributed by atoms with van der Waals surface area (Å²) >= 11 is 0. The minimum Gasteiger partial charge on any atom is -0.497 e. The van der Waals surface area contributed by atoms with Crippen molar-refractivity contribution in [2.45, 2.75) is 13.8 Å². The van der Waals surface area contributed by atoms with E-state index in [2.05, 4.69) is 5.16 Å². The van der Waals surface area contributed by atoms with Gasteiger partial charge in [0, 0.05) is 11.1 Å². The summed E-state index contributed by atoms with van der Waals surface area (Å²) in [7, 11) is 1.61. The van der Waals surface area contributed by atoms with Gasteiger partial charge in [0.2, 0.25) is 5.76 Å². The van der Waals surface area contributed by atoms with Crippen LogP contribution in [0.15, 0.2) is 28.8 Å². The van der Waals surface area contributed by atoms with Gasteiger partial charge in [0.25, 0.3) is 0 Å². The number of carbonyl (C=O) groups excluding carboxylic acids is 1. The van der Waals surface area contributed by atoms with Gasteiger partial charge in [-0.25, -0.2) is 4.79 Å². The molecule has 0 unspecified atom stereocenters. The van der Waals surface area contributed by atoms with E-state index in [9.17, 15) is 4.79 Å². The van der Waals surface area contributed by atoms with Crippen LogP contribution in [0.4, 0.5) is 0 Å². The maximum atomic E-state index is 11.6. The van der Waals surface area contributed by atoms with Gasteiger partial charge in [-0.15, -0.1) is 0 Å². The van der Waals surface area contributed by atoms with Crippen LogP contribution in [0.2, 0.25) is 0 Å². The Morgan fingerprint density at radius 1 is 1.32 bits per heavy atom. The smallest absolute Gasteiger partial charge is 0.377 e. The lowest BCUT2D eigenvalue weighted by atomic mass is 10.1. The molecule has 1 aromatic carbocycles. The Bertz CT molecular complexity index is 572. The normalized spacial score (nSPS) is 10.3. The minimum absolute atomic E-state index is 0.146. The van der Waals surface area contributed by atoms with Crippen LogP contribution in [0.3, 0.4) is 0 Å². The van der Waals surface area contributed by atoms with Gasteiger partial charge in [-0.1, -0.05) is 5.16 Å². The number of carbonyl (C=O) groups is 1. The number of nitrogens with zero attached hydrogens (tertiary/aromatic N) is 1. The third-order valence-corrected chi connectivity index (χ3v) is 2.75. The van der Waals surface area contributed by atoms with E-state index in [1.54, 1.807) is 21.0 Å². The second-order valence-electron chi connectivity index (χ2n) is 3.93. The van der Waals surface area contributed by atoms with Gasteiger partial charge in [0.15, 0.2) is 0 Å². The summed E-state index contributed by atoms with van der Waals surface area (Å²) in [6.45, 7) is 3.83. The summed E-state index contributed by atoms with van der Waals surface area (Å²) in [6.07, 6.45) is 0. The Kier molecular flexibility index (Phi) is 3.85. The number of hydrogen-bond acceptors (Lipinski definition) is 5. The topological polar surface area (TPSA) is 61.6 Å². The maximum absolute atomic E-state index is 11.6. The third kappa shape index (κ3) is 2.59. The number of methoxy groups -OCH3 is 1. The molecule has 0 saturated heterocycles. The monoisotopic (exact) mass is 261 g/mol. The van der Waals surface area contributed by atoms with Crippen LogP contribution in [-0.4, -0.2) is 24.8 Å². The molecule has 0 bridgehead atoms. The molecular weight excluding hydrogens is 246 g/mol. The van der Waals surface area contributed by atoms with Crippen LogP contribution >= 0.6 is 0 Å². The summed E-state index contributed by atoms with van der Waals surface area (Å²) in [5.41, 5.74) is 2.16. The Labute approximate surface area is 111 Å². The quantitative estimate of drug-likeness (QED) is 0.792. The van der Waals surface area contributed by atoms with Crippen molar-refractivity contribution < 1.29 is 18.8 Å². The average Bonchev–Trinajstić information content (AvgIpc) is 2.81. The predicted molar refractivity (Wildman–Crippen MR) is 69.2 cm³/mol. The van der Waals surface area contributed by atoms with Gasteiger partial charge in [-0.3, -0.25) is 0 Å². The molecule has 0 radical (unpaired) electrons. The highest BCUT2D eigenvalue weighted by atomic mass is 16.6. The van der Waals surface area contributed by atoms with Crippen LogP contribution in [0.5, 0.6) is 5.75 Å². The lowest BCUT2D eigenvalue weighted by Gasteiger charge is -2.01. The number of aromatic nitrogens is 1. The van der Waals surface area contributed by atoms with Crippen molar-refractivity contribution in [2.24, 2.45) is 0 Å². The fourth-order valence-corrected chi connectivity index (χ4v) is 1.74. The van der Waals surface area contributed by atoms with Crippen LogP contribution in [-0.2, 0) is 4.74 Å². The van der Waals surface area contributed by atoms with E-state index in [1.165, 1.54) is 0 Å². The molecule has 0 atom stereocenters. The summed E-state index contributed by atoms with van der Waals surface area (Å²) < 4.78 is 15.1. The molecule has 0 aliphatic heterocycles. The molecular formula is C14H15NO4. The fourth-order valence-electron chi connectivity index (χ4n) is 1.74. The van der Waals surface area contributed by atoms with Crippen molar-refractivity contribution in [3.63, 3.8) is 0 Å². The van der Waals surface area contributed by atoms with Crippen molar-refractivity contribution in [1.82, 2.24) is 5.16 Å². The van der Waals surface area contributed by atoms with Crippen molar-refractivity contribution in [2.75, 3.05) is 13.7 Å². The fraction of sp³-hybridized carbons (Fsp3) is 0.286. The standard InChI is InChI=1S/C14H15NO4/c1-4-18-14(16)13-9(2)12(15-19-13)10-5-7-11(17-3)8-6-10/h5-8H,4H2,1-3H3. The van der Waals surface area contributed by atoms with Gasteiger partial charge in [-0.05, 0) is 38.1 Å². The summed E-state index contributed by atoms with van der Waals surface area (Å²) in [5, 5.41) is 3.93. The van der Waals surface area contributed by atoms with Crippen molar-refractivity contribution in [1.29, 1.82) is 0 Å². The van der Waals surface area contributed by atoms with Crippen LogP contribution < -0.4 is 4.74 Å². The highest BCUT2D eigenvalue weighted by molar-refractivity contribution is 5.89. The largest absolute Gasteiger partial charge is 0.497 e. The second kappa shape index (κ2) is 5.56. The SMILES string of the molecule is CCOC(=O)c1onc(-c2ccc(OC)cc2)c1C. The van der Waals surface area contributed by atoms with Gasteiger partial charge < -0.3 is 14.0 Å². The predicted octanol–water partition coefficient (Wildman–Crippen LogP) is 2.84. The minimum atomic E-state index is -0.493. The molecule has 0 aliphatic rings. The highest BCUT2D eigenvalue weighted by Crippen LogP contribution is 2.26. The second-order valence-corrected chi connectivity index (χ2v) is 3.93. The van der Waals surface area contributed by atoms with E-state index in [-0.39, 0.29) is 5.76 Å². The molecule has 2 rings (SSSR count). The van der Waals surface area contributed by atoms with E-state index < -0.39 is 5.97 Å². The zero-order chi connectivity index (χ0) is 13.8. The highest BCUT2D eigenvalue weighted by Gasteiger charge is 2.20. The zero-order valence-electron chi connectivity index (χ0n) is 11.1. The van der Waals surface area contributed by atoms with Crippen molar-refractivity contribution in [3.05, 3.63) is 35.6 Å². The molecule has 0 fully saturated rings. The summed E-state index contributed by atoms with van der Waals surface area (Å²) in [5.74, 6) is 0.412. The first-order chi connectivity index (χ1) is 9.17. The lowest BCUT2D eigenvalue weighted by Crippen LogP contribution is -2.04. The van der Waals surface area contributed by atoms with E-state index >= 15 is 0 Å². The molecule has 5 nitrogen and oxygen atoms in total. The molecule has 0 saturated carbocycles. The van der Waals surface area contributed by atoms with E-state index in [0.717, 1.165) is 11.3 Å². The zero-order valence-corrected chi connectivity index (χ0v) is 11.1. The number of ether oxygens (including phenoxy) is 2. The number of rotatable bonds is 4. The first-order valence-corrected chi connectivity index (χ1v) is 5.95. The maximum Gasteiger partial charge on any atom is 0.377 e. The van der Waals surface area contributed by atoms with E-state index in [0.29, 0.717) is 17.9 Å². The number of esters is 1. The molecule has 19 heavy (non-hydrogen) atoms. The first kappa shape index (κ1) is 13.1. The Morgan fingerprint density at radius 2 is 2.00 bits per heavy atom. The molecule has 0 amide bonds. The molecule has 100 valence electrons. The van der Waals surface area contributed by atoms with Crippen LogP contribution in [0, 0.1) is 6.92 Å². The molecule has 5 heteroatoms. The van der Waals surface area contributed by atoms with E-state index in [4.69, 9.17) is 14.0 Å². The molecule has 0 N–H and O–H groups in total. The van der Waals surface area contributed by atoms with Gasteiger partial charge >= 0.3 is 5.97 Å². The first-order valence-electron chi connectivity index (χ1n) is 5.95. The molecule has 1 aromatic heterocycles. The number of hydrogen-bond donors (Lipinski definition) is 0. The van der Waals surface area contributed by atoms with Gasteiger partial charge in [-0.2, -0.15) is 0 Å². The molecule has 0 aliphatic carbocycles. The number of benzene rings is 1. The average molecular weight is 261 g/mol. The van der Waals surface area contributed by atoms with Crippen molar-refractivity contribution in [3.8, 4) is 17.0 Å². The molecule has 1 heterocycles.